The van der Waals surface area contributed by atoms with Gasteiger partial charge in [0, 0.05) is 35.6 Å². The van der Waals surface area contributed by atoms with Crippen LogP contribution in [0, 0.1) is 0 Å². The zero-order valence-corrected chi connectivity index (χ0v) is 18.7. The minimum atomic E-state index is -0.0375. The molecule has 0 aliphatic rings. The standard InChI is InChI=1S/C26H22N4O2S/c31-25(14-22-18-33-26-29-24(16-30(22)26)20-8-2-1-3-9-20)28-15-19-7-6-11-23(13-19)32-17-21-10-4-5-12-27-21/h1-13,16,18H,14-15,17H2,(H,28,31). The molecule has 164 valence electrons. The maximum Gasteiger partial charge on any atom is 0.226 e. The summed E-state index contributed by atoms with van der Waals surface area (Å²) in [5.41, 5.74) is 4.75. The van der Waals surface area contributed by atoms with Crippen molar-refractivity contribution in [2.24, 2.45) is 0 Å². The van der Waals surface area contributed by atoms with E-state index in [0.29, 0.717) is 19.6 Å². The summed E-state index contributed by atoms with van der Waals surface area (Å²) in [5, 5.41) is 4.99. The van der Waals surface area contributed by atoms with Crippen molar-refractivity contribution >= 4 is 22.2 Å². The molecule has 0 aliphatic carbocycles. The second kappa shape index (κ2) is 9.67. The van der Waals surface area contributed by atoms with Crippen LogP contribution in [0.15, 0.2) is 90.6 Å². The van der Waals surface area contributed by atoms with Crippen LogP contribution in [0.5, 0.6) is 5.75 Å². The van der Waals surface area contributed by atoms with Crippen LogP contribution in [-0.2, 0) is 24.4 Å². The SMILES string of the molecule is O=C(Cc1csc2nc(-c3ccccc3)cn12)NCc1cccc(OCc2ccccn2)c1. The lowest BCUT2D eigenvalue weighted by atomic mass is 10.2. The first-order valence-electron chi connectivity index (χ1n) is 10.6. The summed E-state index contributed by atoms with van der Waals surface area (Å²) in [6.07, 6.45) is 4.03. The molecule has 5 aromatic rings. The van der Waals surface area contributed by atoms with Gasteiger partial charge in [-0.1, -0.05) is 48.5 Å². The van der Waals surface area contributed by atoms with Crippen LogP contribution in [0.25, 0.3) is 16.2 Å². The zero-order chi connectivity index (χ0) is 22.5. The molecular formula is C26H22N4O2S. The molecule has 6 nitrogen and oxygen atoms in total. The van der Waals surface area contributed by atoms with Crippen LogP contribution in [-0.4, -0.2) is 20.3 Å². The lowest BCUT2D eigenvalue weighted by Gasteiger charge is -2.09. The highest BCUT2D eigenvalue weighted by Gasteiger charge is 2.12. The highest BCUT2D eigenvalue weighted by atomic mass is 32.1. The molecule has 1 N–H and O–H groups in total. The Bertz CT molecular complexity index is 1360. The fraction of sp³-hybridized carbons (Fsp3) is 0.115. The molecule has 5 rings (SSSR count). The van der Waals surface area contributed by atoms with E-state index >= 15 is 0 Å². The normalized spacial score (nSPS) is 10.9. The molecule has 0 saturated heterocycles. The number of ether oxygens (including phenoxy) is 1. The number of carbonyl (C=O) groups is 1. The van der Waals surface area contributed by atoms with Gasteiger partial charge in [-0.3, -0.25) is 14.2 Å². The predicted octanol–water partition coefficient (Wildman–Crippen LogP) is 4.90. The van der Waals surface area contributed by atoms with E-state index in [1.165, 1.54) is 0 Å². The molecule has 3 aromatic heterocycles. The number of nitrogens with one attached hydrogen (secondary N) is 1. The maximum atomic E-state index is 12.6. The number of amides is 1. The van der Waals surface area contributed by atoms with E-state index < -0.39 is 0 Å². The van der Waals surface area contributed by atoms with E-state index in [0.717, 1.165) is 38.9 Å². The third-order valence-electron chi connectivity index (χ3n) is 5.20. The monoisotopic (exact) mass is 454 g/mol. The molecule has 0 fully saturated rings. The molecule has 0 spiro atoms. The summed E-state index contributed by atoms with van der Waals surface area (Å²) in [6, 6.07) is 23.5. The summed E-state index contributed by atoms with van der Waals surface area (Å²) in [6.45, 7) is 0.840. The first kappa shape index (κ1) is 20.9. The molecule has 0 saturated carbocycles. The first-order valence-corrected chi connectivity index (χ1v) is 11.5. The van der Waals surface area contributed by atoms with Gasteiger partial charge >= 0.3 is 0 Å². The van der Waals surface area contributed by atoms with Crippen LogP contribution in [0.3, 0.4) is 0 Å². The van der Waals surface area contributed by atoms with Crippen molar-refractivity contribution in [2.75, 3.05) is 0 Å². The Labute approximate surface area is 195 Å². The molecule has 0 radical (unpaired) electrons. The summed E-state index contributed by atoms with van der Waals surface area (Å²) in [5.74, 6) is 0.711. The number of aromatic nitrogens is 3. The number of benzene rings is 2. The number of hydrogen-bond donors (Lipinski definition) is 1. The van der Waals surface area contributed by atoms with Crippen molar-refractivity contribution in [2.45, 2.75) is 19.6 Å². The average Bonchev–Trinajstić information content (AvgIpc) is 3.45. The number of carbonyl (C=O) groups excluding carboxylic acids is 1. The molecule has 2 aromatic carbocycles. The van der Waals surface area contributed by atoms with E-state index in [2.05, 4.69) is 15.3 Å². The Hall–Kier alpha value is -3.97. The minimum Gasteiger partial charge on any atom is -0.487 e. The molecule has 3 heterocycles. The summed E-state index contributed by atoms with van der Waals surface area (Å²) < 4.78 is 7.83. The van der Waals surface area contributed by atoms with Gasteiger partial charge in [0.2, 0.25) is 5.91 Å². The van der Waals surface area contributed by atoms with E-state index in [1.807, 2.05) is 88.8 Å². The second-order valence-electron chi connectivity index (χ2n) is 7.58. The Balaban J connectivity index is 1.19. The number of nitrogens with zero attached hydrogens (tertiary/aromatic N) is 3. The fourth-order valence-corrected chi connectivity index (χ4v) is 4.39. The Morgan fingerprint density at radius 1 is 1.03 bits per heavy atom. The minimum absolute atomic E-state index is 0.0375. The van der Waals surface area contributed by atoms with Crippen molar-refractivity contribution in [1.82, 2.24) is 19.7 Å². The molecule has 33 heavy (non-hydrogen) atoms. The van der Waals surface area contributed by atoms with Crippen LogP contribution < -0.4 is 10.1 Å². The number of pyridine rings is 1. The van der Waals surface area contributed by atoms with Crippen molar-refractivity contribution in [3.8, 4) is 17.0 Å². The van der Waals surface area contributed by atoms with Gasteiger partial charge in [0.25, 0.3) is 0 Å². The summed E-state index contributed by atoms with van der Waals surface area (Å²) >= 11 is 1.54. The molecule has 7 heteroatoms. The Morgan fingerprint density at radius 2 is 1.91 bits per heavy atom. The molecule has 0 aliphatic heterocycles. The molecule has 0 unspecified atom stereocenters. The summed E-state index contributed by atoms with van der Waals surface area (Å²) in [4.78, 5) is 22.5. The lowest BCUT2D eigenvalue weighted by molar-refractivity contribution is -0.120. The van der Waals surface area contributed by atoms with Gasteiger partial charge in [-0.25, -0.2) is 4.98 Å². The number of fused-ring (bicyclic) bond motifs is 1. The van der Waals surface area contributed by atoms with Crippen molar-refractivity contribution in [1.29, 1.82) is 0 Å². The first-order chi connectivity index (χ1) is 16.2. The van der Waals surface area contributed by atoms with Crippen molar-refractivity contribution < 1.29 is 9.53 Å². The molecule has 0 bridgehead atoms. The Morgan fingerprint density at radius 3 is 2.76 bits per heavy atom. The van der Waals surface area contributed by atoms with Crippen LogP contribution >= 0.6 is 11.3 Å². The van der Waals surface area contributed by atoms with Crippen LogP contribution in [0.4, 0.5) is 0 Å². The van der Waals surface area contributed by atoms with E-state index in [1.54, 1.807) is 17.5 Å². The predicted molar refractivity (Wildman–Crippen MR) is 129 cm³/mol. The smallest absolute Gasteiger partial charge is 0.226 e. The van der Waals surface area contributed by atoms with Gasteiger partial charge in [-0.15, -0.1) is 11.3 Å². The van der Waals surface area contributed by atoms with Gasteiger partial charge in [-0.05, 0) is 29.8 Å². The van der Waals surface area contributed by atoms with E-state index in [4.69, 9.17) is 4.74 Å². The van der Waals surface area contributed by atoms with Gasteiger partial charge in [0.15, 0.2) is 4.96 Å². The van der Waals surface area contributed by atoms with Crippen LogP contribution in [0.2, 0.25) is 0 Å². The quantitative estimate of drug-likeness (QED) is 0.362. The van der Waals surface area contributed by atoms with Gasteiger partial charge in [-0.2, -0.15) is 0 Å². The fourth-order valence-electron chi connectivity index (χ4n) is 3.52. The maximum absolute atomic E-state index is 12.6. The van der Waals surface area contributed by atoms with Gasteiger partial charge < -0.3 is 10.1 Å². The largest absolute Gasteiger partial charge is 0.487 e. The average molecular weight is 455 g/mol. The number of thiazole rings is 1. The molecule has 1 amide bonds. The highest BCUT2D eigenvalue weighted by molar-refractivity contribution is 7.15. The number of hydrogen-bond acceptors (Lipinski definition) is 5. The van der Waals surface area contributed by atoms with Gasteiger partial charge in [0.1, 0.15) is 12.4 Å². The second-order valence-corrected chi connectivity index (χ2v) is 8.42. The zero-order valence-electron chi connectivity index (χ0n) is 17.8. The van der Waals surface area contributed by atoms with E-state index in [-0.39, 0.29) is 5.91 Å². The third-order valence-corrected chi connectivity index (χ3v) is 6.08. The lowest BCUT2D eigenvalue weighted by Crippen LogP contribution is -2.25. The van der Waals surface area contributed by atoms with Crippen LogP contribution in [0.1, 0.15) is 17.0 Å². The Kier molecular flexibility index (Phi) is 6.12. The number of rotatable bonds is 8. The third kappa shape index (κ3) is 5.10. The molecular weight excluding hydrogens is 432 g/mol. The molecule has 0 atom stereocenters. The highest BCUT2D eigenvalue weighted by Crippen LogP contribution is 2.23. The van der Waals surface area contributed by atoms with Crippen molar-refractivity contribution in [3.05, 3.63) is 108 Å². The summed E-state index contributed by atoms with van der Waals surface area (Å²) in [7, 11) is 0. The topological polar surface area (TPSA) is 68.5 Å². The van der Waals surface area contributed by atoms with Crippen molar-refractivity contribution in [3.63, 3.8) is 0 Å². The van der Waals surface area contributed by atoms with E-state index in [9.17, 15) is 4.79 Å². The number of imidazole rings is 1. The van der Waals surface area contributed by atoms with Gasteiger partial charge in [0.05, 0.1) is 17.8 Å².